The number of ketones is 1. The quantitative estimate of drug-likeness (QED) is 0.476. The van der Waals surface area contributed by atoms with Gasteiger partial charge in [0.15, 0.2) is 17.3 Å². The highest BCUT2D eigenvalue weighted by Gasteiger charge is 2.45. The first-order valence-electron chi connectivity index (χ1n) is 7.58. The van der Waals surface area contributed by atoms with Crippen LogP contribution < -0.4 is 14.2 Å². The molecule has 1 heterocycles. The fraction of sp³-hybridized carbons (Fsp3) is 0.562. The van der Waals surface area contributed by atoms with Crippen LogP contribution in [0.5, 0.6) is 17.2 Å². The van der Waals surface area contributed by atoms with Crippen LogP contribution in [0.3, 0.4) is 0 Å². The molecule has 0 bridgehead atoms. The average molecular weight is 358 g/mol. The molecule has 1 aromatic rings. The Morgan fingerprint density at radius 1 is 1.08 bits per heavy atom. The molecule has 5 atom stereocenters. The minimum atomic E-state index is -1.58. The van der Waals surface area contributed by atoms with E-state index in [9.17, 15) is 25.2 Å². The topological polar surface area (TPSA) is 135 Å². The smallest absolute Gasteiger partial charge is 0.229 e. The lowest BCUT2D eigenvalue weighted by Crippen LogP contribution is -2.60. The molecule has 0 saturated carbocycles. The fourth-order valence-electron chi connectivity index (χ4n) is 2.48. The Morgan fingerprint density at radius 3 is 2.08 bits per heavy atom. The molecule has 0 radical (unpaired) electrons. The Bertz CT molecular complexity index is 591. The van der Waals surface area contributed by atoms with Crippen LogP contribution >= 0.6 is 0 Å². The summed E-state index contributed by atoms with van der Waals surface area (Å²) in [6.07, 6.45) is -7.17. The van der Waals surface area contributed by atoms with Gasteiger partial charge in [0, 0.05) is 5.56 Å². The van der Waals surface area contributed by atoms with Gasteiger partial charge < -0.3 is 39.4 Å². The van der Waals surface area contributed by atoms with Gasteiger partial charge in [-0.2, -0.15) is 0 Å². The Hall–Kier alpha value is -1.91. The normalized spacial score (nSPS) is 29.2. The molecular weight excluding hydrogens is 336 g/mol. The van der Waals surface area contributed by atoms with Crippen molar-refractivity contribution in [3.63, 3.8) is 0 Å². The van der Waals surface area contributed by atoms with Crippen LogP contribution in [-0.4, -0.2) is 77.7 Å². The average Bonchev–Trinajstić information content (AvgIpc) is 2.61. The summed E-state index contributed by atoms with van der Waals surface area (Å²) in [5, 5.41) is 38.9. The van der Waals surface area contributed by atoms with Crippen LogP contribution in [0.25, 0.3) is 0 Å². The third kappa shape index (κ3) is 3.86. The highest BCUT2D eigenvalue weighted by molar-refractivity contribution is 5.95. The number of aliphatic hydroxyl groups is 4. The number of aliphatic hydroxyl groups excluding tert-OH is 4. The third-order valence-electron chi connectivity index (χ3n) is 3.95. The van der Waals surface area contributed by atoms with E-state index in [0.717, 1.165) is 0 Å². The van der Waals surface area contributed by atoms with E-state index in [1.807, 2.05) is 0 Å². The van der Waals surface area contributed by atoms with Gasteiger partial charge in [-0.05, 0) is 19.1 Å². The van der Waals surface area contributed by atoms with Crippen molar-refractivity contribution in [1.82, 2.24) is 0 Å². The van der Waals surface area contributed by atoms with Crippen molar-refractivity contribution in [2.24, 2.45) is 0 Å². The summed E-state index contributed by atoms with van der Waals surface area (Å²) in [4.78, 5) is 11.6. The molecule has 0 aromatic heterocycles. The van der Waals surface area contributed by atoms with E-state index in [1.165, 1.54) is 33.3 Å². The minimum absolute atomic E-state index is 0.0410. The van der Waals surface area contributed by atoms with E-state index in [4.69, 9.17) is 18.9 Å². The summed E-state index contributed by atoms with van der Waals surface area (Å²) in [5.74, 6) is 0.137. The van der Waals surface area contributed by atoms with Crippen LogP contribution in [0.4, 0.5) is 0 Å². The first-order chi connectivity index (χ1) is 11.8. The summed E-state index contributed by atoms with van der Waals surface area (Å²) in [7, 11) is 2.72. The van der Waals surface area contributed by atoms with E-state index in [0.29, 0.717) is 5.56 Å². The van der Waals surface area contributed by atoms with E-state index >= 15 is 0 Å². The SMILES string of the molecule is COc1cc(C(C)=O)cc(OC)c1OC1O[C@H](CO)[C@@H](O)[C@H](O)[C@H]1O. The molecule has 1 fully saturated rings. The van der Waals surface area contributed by atoms with Crippen molar-refractivity contribution in [1.29, 1.82) is 0 Å². The molecule has 25 heavy (non-hydrogen) atoms. The van der Waals surface area contributed by atoms with Gasteiger partial charge in [0.25, 0.3) is 0 Å². The van der Waals surface area contributed by atoms with Crippen molar-refractivity contribution in [2.75, 3.05) is 20.8 Å². The molecule has 1 aliphatic rings. The molecule has 2 rings (SSSR count). The number of carbonyl (C=O) groups excluding carboxylic acids is 1. The van der Waals surface area contributed by atoms with Gasteiger partial charge in [0.1, 0.15) is 24.4 Å². The molecule has 1 saturated heterocycles. The summed E-state index contributed by atoms with van der Waals surface area (Å²) in [5.41, 5.74) is 0.329. The van der Waals surface area contributed by atoms with Crippen LogP contribution in [0.15, 0.2) is 12.1 Å². The molecule has 1 aromatic carbocycles. The van der Waals surface area contributed by atoms with Crippen LogP contribution in [0, 0.1) is 0 Å². The molecule has 0 aliphatic carbocycles. The van der Waals surface area contributed by atoms with Crippen molar-refractivity contribution in [2.45, 2.75) is 37.6 Å². The van der Waals surface area contributed by atoms with Crippen LogP contribution in [0.1, 0.15) is 17.3 Å². The van der Waals surface area contributed by atoms with E-state index < -0.39 is 37.3 Å². The first-order valence-corrected chi connectivity index (χ1v) is 7.58. The van der Waals surface area contributed by atoms with Gasteiger partial charge in [0.05, 0.1) is 20.8 Å². The lowest BCUT2D eigenvalue weighted by molar-refractivity contribution is -0.277. The summed E-state index contributed by atoms with van der Waals surface area (Å²) < 4.78 is 21.3. The highest BCUT2D eigenvalue weighted by atomic mass is 16.7. The van der Waals surface area contributed by atoms with Gasteiger partial charge in [-0.25, -0.2) is 0 Å². The van der Waals surface area contributed by atoms with Gasteiger partial charge in [0.2, 0.25) is 12.0 Å². The number of carbonyl (C=O) groups is 1. The molecule has 140 valence electrons. The van der Waals surface area contributed by atoms with Gasteiger partial charge in [-0.1, -0.05) is 0 Å². The lowest BCUT2D eigenvalue weighted by atomic mass is 9.99. The maximum atomic E-state index is 11.6. The third-order valence-corrected chi connectivity index (χ3v) is 3.95. The second-order valence-electron chi connectivity index (χ2n) is 5.58. The number of benzene rings is 1. The monoisotopic (exact) mass is 358 g/mol. The predicted octanol–water partition coefficient (Wildman–Crippen LogP) is -0.915. The molecule has 9 nitrogen and oxygen atoms in total. The van der Waals surface area contributed by atoms with Gasteiger partial charge in [-0.15, -0.1) is 0 Å². The van der Waals surface area contributed by atoms with Crippen molar-refractivity contribution in [3.05, 3.63) is 17.7 Å². The van der Waals surface area contributed by atoms with Crippen LogP contribution in [-0.2, 0) is 4.74 Å². The minimum Gasteiger partial charge on any atom is -0.493 e. The summed E-state index contributed by atoms with van der Waals surface area (Å²) in [6.45, 7) is 0.800. The maximum absolute atomic E-state index is 11.6. The molecule has 1 unspecified atom stereocenters. The predicted molar refractivity (Wildman–Crippen MR) is 83.9 cm³/mol. The Labute approximate surface area is 144 Å². The number of ether oxygens (including phenoxy) is 4. The zero-order valence-corrected chi connectivity index (χ0v) is 14.1. The van der Waals surface area contributed by atoms with E-state index in [1.54, 1.807) is 0 Å². The van der Waals surface area contributed by atoms with Crippen molar-refractivity contribution in [3.8, 4) is 17.2 Å². The molecule has 0 spiro atoms. The van der Waals surface area contributed by atoms with E-state index in [-0.39, 0.29) is 23.0 Å². The standard InChI is InChI=1S/C16H22O9/c1-7(18)8-4-9(22-2)15(10(5-8)23-3)25-16-14(21)13(20)12(19)11(6-17)24-16/h4-5,11-14,16-17,19-21H,6H2,1-3H3/t11-,12-,13+,14-,16?/m1/s1. The number of hydrogen-bond donors (Lipinski definition) is 4. The zero-order valence-electron chi connectivity index (χ0n) is 14.1. The molecule has 9 heteroatoms. The molecule has 0 amide bonds. The van der Waals surface area contributed by atoms with E-state index in [2.05, 4.69) is 0 Å². The first kappa shape index (κ1) is 19.4. The number of Topliss-reactive ketones (excluding diaryl/α,β-unsaturated/α-hetero) is 1. The number of methoxy groups -OCH3 is 2. The Morgan fingerprint density at radius 2 is 1.64 bits per heavy atom. The molecular formula is C16H22O9. The number of hydrogen-bond acceptors (Lipinski definition) is 9. The Balaban J connectivity index is 2.36. The summed E-state index contributed by atoms with van der Waals surface area (Å²) >= 11 is 0. The van der Waals surface area contributed by atoms with Gasteiger partial charge >= 0.3 is 0 Å². The number of rotatable bonds is 6. The van der Waals surface area contributed by atoms with Gasteiger partial charge in [-0.3, -0.25) is 4.79 Å². The maximum Gasteiger partial charge on any atom is 0.229 e. The van der Waals surface area contributed by atoms with Crippen molar-refractivity contribution >= 4 is 5.78 Å². The van der Waals surface area contributed by atoms with Crippen molar-refractivity contribution < 1.29 is 44.2 Å². The zero-order chi connectivity index (χ0) is 18.7. The summed E-state index contributed by atoms with van der Waals surface area (Å²) in [6, 6.07) is 2.87. The molecule has 4 N–H and O–H groups in total. The lowest BCUT2D eigenvalue weighted by Gasteiger charge is -2.39. The second kappa shape index (κ2) is 7.98. The largest absolute Gasteiger partial charge is 0.493 e. The second-order valence-corrected chi connectivity index (χ2v) is 5.58. The highest BCUT2D eigenvalue weighted by Crippen LogP contribution is 2.40. The van der Waals surface area contributed by atoms with Crippen LogP contribution in [0.2, 0.25) is 0 Å². The molecule has 1 aliphatic heterocycles. The fourth-order valence-corrected chi connectivity index (χ4v) is 2.48. The Kier molecular flexibility index (Phi) is 6.20.